The predicted molar refractivity (Wildman–Crippen MR) is 71.6 cm³/mol. The number of halogens is 1. The lowest BCUT2D eigenvalue weighted by Gasteiger charge is -2.30. The zero-order valence-corrected chi connectivity index (χ0v) is 10.8. The lowest BCUT2D eigenvalue weighted by atomic mass is 9.94. The van der Waals surface area contributed by atoms with Crippen molar-refractivity contribution in [2.24, 2.45) is 5.73 Å². The highest BCUT2D eigenvalue weighted by molar-refractivity contribution is 5.45. The number of unbranched alkanes of at least 4 members (excludes halogenated alkanes) is 2. The maximum absolute atomic E-state index is 12.8. The van der Waals surface area contributed by atoms with Crippen molar-refractivity contribution in [1.82, 2.24) is 0 Å². The van der Waals surface area contributed by atoms with E-state index in [2.05, 4.69) is 19.2 Å². The van der Waals surface area contributed by atoms with Crippen molar-refractivity contribution in [3.8, 4) is 0 Å². The second-order valence-electron chi connectivity index (χ2n) is 4.85. The predicted octanol–water partition coefficient (Wildman–Crippen LogP) is 3.54. The fourth-order valence-corrected chi connectivity index (χ4v) is 1.86. The molecule has 1 aromatic carbocycles. The molecule has 0 saturated heterocycles. The van der Waals surface area contributed by atoms with Crippen LogP contribution in [0.5, 0.6) is 0 Å². The van der Waals surface area contributed by atoms with Gasteiger partial charge in [0.1, 0.15) is 5.82 Å². The van der Waals surface area contributed by atoms with Crippen molar-refractivity contribution in [1.29, 1.82) is 0 Å². The maximum Gasteiger partial charge on any atom is 0.123 e. The van der Waals surface area contributed by atoms with E-state index < -0.39 is 0 Å². The van der Waals surface area contributed by atoms with Gasteiger partial charge in [-0.2, -0.15) is 0 Å². The van der Waals surface area contributed by atoms with Crippen molar-refractivity contribution in [2.75, 3.05) is 11.9 Å². The van der Waals surface area contributed by atoms with Gasteiger partial charge in [-0.3, -0.25) is 0 Å². The Balaban J connectivity index is 2.58. The number of anilines is 1. The van der Waals surface area contributed by atoms with Crippen molar-refractivity contribution in [3.63, 3.8) is 0 Å². The van der Waals surface area contributed by atoms with Crippen LogP contribution in [0.2, 0.25) is 0 Å². The average molecular weight is 238 g/mol. The first-order chi connectivity index (χ1) is 8.09. The normalized spacial score (nSPS) is 14.4. The van der Waals surface area contributed by atoms with E-state index in [0.29, 0.717) is 6.54 Å². The zero-order valence-electron chi connectivity index (χ0n) is 10.8. The molecule has 0 aliphatic carbocycles. The lowest BCUT2D eigenvalue weighted by molar-refractivity contribution is 0.455. The maximum atomic E-state index is 12.8. The van der Waals surface area contributed by atoms with Gasteiger partial charge in [-0.05, 0) is 37.6 Å². The highest BCUT2D eigenvalue weighted by Crippen LogP contribution is 2.20. The molecule has 0 amide bonds. The van der Waals surface area contributed by atoms with Gasteiger partial charge in [-0.1, -0.05) is 26.2 Å². The van der Waals surface area contributed by atoms with Crippen LogP contribution in [0, 0.1) is 5.82 Å². The van der Waals surface area contributed by atoms with E-state index >= 15 is 0 Å². The van der Waals surface area contributed by atoms with Crippen LogP contribution in [-0.4, -0.2) is 12.1 Å². The molecule has 0 spiro atoms. The minimum Gasteiger partial charge on any atom is -0.379 e. The molecule has 1 rings (SSSR count). The molecule has 17 heavy (non-hydrogen) atoms. The van der Waals surface area contributed by atoms with E-state index in [0.717, 1.165) is 12.1 Å². The van der Waals surface area contributed by atoms with Crippen LogP contribution in [0.3, 0.4) is 0 Å². The summed E-state index contributed by atoms with van der Waals surface area (Å²) in [7, 11) is 0. The third kappa shape index (κ3) is 4.73. The fraction of sp³-hybridized carbons (Fsp3) is 0.571. The lowest BCUT2D eigenvalue weighted by Crippen LogP contribution is -2.42. The number of hydrogen-bond acceptors (Lipinski definition) is 2. The molecule has 2 nitrogen and oxygen atoms in total. The number of nitrogens with one attached hydrogen (secondary N) is 1. The van der Waals surface area contributed by atoms with Crippen LogP contribution in [0.1, 0.15) is 39.5 Å². The number of benzene rings is 1. The molecule has 0 radical (unpaired) electrons. The summed E-state index contributed by atoms with van der Waals surface area (Å²) < 4.78 is 12.8. The summed E-state index contributed by atoms with van der Waals surface area (Å²) >= 11 is 0. The molecular weight excluding hydrogens is 215 g/mol. The Hall–Kier alpha value is -1.09. The number of hydrogen-bond donors (Lipinski definition) is 2. The van der Waals surface area contributed by atoms with Gasteiger partial charge in [-0.15, -0.1) is 0 Å². The molecule has 0 saturated carbocycles. The Kier molecular flexibility index (Phi) is 5.42. The van der Waals surface area contributed by atoms with Crippen LogP contribution in [0.15, 0.2) is 24.3 Å². The molecule has 0 fully saturated rings. The van der Waals surface area contributed by atoms with Crippen molar-refractivity contribution >= 4 is 5.69 Å². The van der Waals surface area contributed by atoms with Crippen LogP contribution in [0.4, 0.5) is 10.1 Å². The summed E-state index contributed by atoms with van der Waals surface area (Å²) in [5.41, 5.74) is 6.65. The van der Waals surface area contributed by atoms with Gasteiger partial charge in [0.05, 0.1) is 0 Å². The van der Waals surface area contributed by atoms with Crippen molar-refractivity contribution in [3.05, 3.63) is 30.1 Å². The topological polar surface area (TPSA) is 38.0 Å². The van der Waals surface area contributed by atoms with E-state index in [9.17, 15) is 4.39 Å². The van der Waals surface area contributed by atoms with Crippen LogP contribution in [0.25, 0.3) is 0 Å². The van der Waals surface area contributed by atoms with Gasteiger partial charge in [-0.25, -0.2) is 4.39 Å². The van der Waals surface area contributed by atoms with Crippen LogP contribution >= 0.6 is 0 Å². The van der Waals surface area contributed by atoms with Gasteiger partial charge < -0.3 is 11.1 Å². The highest BCUT2D eigenvalue weighted by Gasteiger charge is 2.21. The second-order valence-corrected chi connectivity index (χ2v) is 4.85. The minimum atomic E-state index is -0.212. The second kappa shape index (κ2) is 6.60. The van der Waals surface area contributed by atoms with Gasteiger partial charge >= 0.3 is 0 Å². The summed E-state index contributed by atoms with van der Waals surface area (Å²) in [4.78, 5) is 0. The summed E-state index contributed by atoms with van der Waals surface area (Å²) in [5.74, 6) is -0.212. The molecule has 0 aliphatic heterocycles. The first-order valence-corrected chi connectivity index (χ1v) is 6.33. The monoisotopic (exact) mass is 238 g/mol. The summed E-state index contributed by atoms with van der Waals surface area (Å²) in [6, 6.07) is 6.43. The van der Waals surface area contributed by atoms with E-state index in [1.54, 1.807) is 12.1 Å². The number of rotatable bonds is 7. The Labute approximate surface area is 103 Å². The smallest absolute Gasteiger partial charge is 0.123 e. The quantitative estimate of drug-likeness (QED) is 0.713. The van der Waals surface area contributed by atoms with Gasteiger partial charge in [0.25, 0.3) is 0 Å². The van der Waals surface area contributed by atoms with E-state index in [1.165, 1.54) is 31.4 Å². The first kappa shape index (κ1) is 14.0. The van der Waals surface area contributed by atoms with E-state index in [1.807, 2.05) is 0 Å². The SMILES string of the molecule is CCCCCC(C)(CN)Nc1ccc(F)cc1. The largest absolute Gasteiger partial charge is 0.379 e. The van der Waals surface area contributed by atoms with Crippen molar-refractivity contribution < 1.29 is 4.39 Å². The molecule has 1 atom stereocenters. The van der Waals surface area contributed by atoms with Gasteiger partial charge in [0.2, 0.25) is 0 Å². The van der Waals surface area contributed by atoms with E-state index in [-0.39, 0.29) is 11.4 Å². The Morgan fingerprint density at radius 3 is 2.41 bits per heavy atom. The molecule has 1 unspecified atom stereocenters. The molecule has 0 aromatic heterocycles. The average Bonchev–Trinajstić information content (AvgIpc) is 2.33. The summed E-state index contributed by atoms with van der Waals surface area (Å²) in [6.07, 6.45) is 4.63. The van der Waals surface area contributed by atoms with Crippen molar-refractivity contribution in [2.45, 2.75) is 45.1 Å². The minimum absolute atomic E-state index is 0.104. The van der Waals surface area contributed by atoms with Crippen LogP contribution < -0.4 is 11.1 Å². The first-order valence-electron chi connectivity index (χ1n) is 6.33. The summed E-state index contributed by atoms with van der Waals surface area (Å²) in [6.45, 7) is 4.88. The Morgan fingerprint density at radius 1 is 1.24 bits per heavy atom. The molecule has 3 N–H and O–H groups in total. The fourth-order valence-electron chi connectivity index (χ4n) is 1.86. The highest BCUT2D eigenvalue weighted by atomic mass is 19.1. The summed E-state index contributed by atoms with van der Waals surface area (Å²) in [5, 5.41) is 3.40. The number of nitrogens with two attached hydrogens (primary N) is 1. The van der Waals surface area contributed by atoms with E-state index in [4.69, 9.17) is 5.73 Å². The molecule has 3 heteroatoms. The van der Waals surface area contributed by atoms with Gasteiger partial charge in [0.15, 0.2) is 0 Å². The molecule has 0 aliphatic rings. The Bertz CT molecular complexity index is 323. The Morgan fingerprint density at radius 2 is 1.88 bits per heavy atom. The molecule has 96 valence electrons. The third-order valence-corrected chi connectivity index (χ3v) is 3.07. The molecular formula is C14H23FN2. The standard InChI is InChI=1S/C14H23FN2/c1-3-4-5-10-14(2,11-16)17-13-8-6-12(15)7-9-13/h6-9,17H,3-5,10-11,16H2,1-2H3. The van der Waals surface area contributed by atoms with Crippen LogP contribution in [-0.2, 0) is 0 Å². The third-order valence-electron chi connectivity index (χ3n) is 3.07. The molecule has 0 bridgehead atoms. The molecule has 1 aromatic rings. The van der Waals surface area contributed by atoms with Gasteiger partial charge in [0, 0.05) is 17.8 Å². The zero-order chi connectivity index (χ0) is 12.7. The molecule has 0 heterocycles.